The number of methoxy groups -OCH3 is 1. The van der Waals surface area contributed by atoms with Crippen molar-refractivity contribution in [2.45, 2.75) is 45.1 Å². The van der Waals surface area contributed by atoms with E-state index >= 15 is 0 Å². The molecular formula is C28H29N3O3. The second kappa shape index (κ2) is 10.00. The molecule has 0 unspecified atom stereocenters. The van der Waals surface area contributed by atoms with Crippen molar-refractivity contribution in [3.63, 3.8) is 0 Å². The van der Waals surface area contributed by atoms with Crippen LogP contribution < -0.4 is 10.1 Å². The van der Waals surface area contributed by atoms with Gasteiger partial charge in [-0.1, -0.05) is 32.0 Å². The Kier molecular flexibility index (Phi) is 6.87. The summed E-state index contributed by atoms with van der Waals surface area (Å²) in [6, 6.07) is 16.3. The predicted octanol–water partition coefficient (Wildman–Crippen LogP) is 5.52. The number of hydrogen-bond acceptors (Lipinski definition) is 5. The molecule has 1 amide bonds. The number of ether oxygens (including phenoxy) is 1. The number of Topliss-reactive ketones (excluding diaryl/α,β-unsaturated/α-hetero) is 1. The average Bonchev–Trinajstić information content (AvgIpc) is 2.88. The van der Waals surface area contributed by atoms with Crippen molar-refractivity contribution in [1.29, 1.82) is 0 Å². The molecule has 0 saturated heterocycles. The number of aliphatic imine (C=N–C) groups is 1. The van der Waals surface area contributed by atoms with Crippen LogP contribution in [0.4, 0.5) is 5.69 Å². The minimum absolute atomic E-state index is 0.0458. The van der Waals surface area contributed by atoms with Crippen molar-refractivity contribution in [1.82, 2.24) is 4.98 Å². The molecule has 0 bridgehead atoms. The van der Waals surface area contributed by atoms with Crippen LogP contribution in [0.3, 0.4) is 0 Å². The number of amides is 1. The number of fused-ring (bicyclic) bond motifs is 1. The molecule has 2 heterocycles. The zero-order valence-corrected chi connectivity index (χ0v) is 19.8. The molecule has 4 rings (SSSR count). The fraction of sp³-hybridized carbons (Fsp3) is 0.286. The molecule has 0 aliphatic carbocycles. The molecule has 1 aromatic heterocycles. The highest BCUT2D eigenvalue weighted by molar-refractivity contribution is 6.17. The summed E-state index contributed by atoms with van der Waals surface area (Å²) in [6.45, 7) is 4.30. The standard InChI is InChI=1S/C28H29N3O3/c1-4-28(5-2)18-21-9-10-23(34-3)16-24(21)25(31-28)17-26(32)20-7-6-8-22(15-20)30-27(33)19-11-13-29-14-12-19/h6-16H,4-5,17-18H2,1-3H3,(H,30,33). The highest BCUT2D eigenvalue weighted by atomic mass is 16.5. The van der Waals surface area contributed by atoms with Gasteiger partial charge in [-0.2, -0.15) is 0 Å². The van der Waals surface area contributed by atoms with Crippen LogP contribution in [0.1, 0.15) is 65.0 Å². The van der Waals surface area contributed by atoms with Crippen molar-refractivity contribution >= 4 is 23.1 Å². The van der Waals surface area contributed by atoms with E-state index in [4.69, 9.17) is 9.73 Å². The van der Waals surface area contributed by atoms with E-state index in [1.807, 2.05) is 12.1 Å². The van der Waals surface area contributed by atoms with Gasteiger partial charge in [-0.3, -0.25) is 19.6 Å². The number of hydrogen-bond donors (Lipinski definition) is 1. The van der Waals surface area contributed by atoms with Gasteiger partial charge in [0.1, 0.15) is 5.75 Å². The normalized spacial score (nSPS) is 14.0. The van der Waals surface area contributed by atoms with E-state index in [1.165, 1.54) is 5.56 Å². The van der Waals surface area contributed by atoms with Crippen LogP contribution >= 0.6 is 0 Å². The predicted molar refractivity (Wildman–Crippen MR) is 134 cm³/mol. The van der Waals surface area contributed by atoms with Crippen molar-refractivity contribution in [3.8, 4) is 5.75 Å². The Hall–Kier alpha value is -3.80. The Balaban J connectivity index is 1.59. The first-order chi connectivity index (χ1) is 16.5. The number of pyridine rings is 1. The molecule has 6 heteroatoms. The average molecular weight is 456 g/mol. The van der Waals surface area contributed by atoms with Gasteiger partial charge in [0.15, 0.2) is 5.78 Å². The summed E-state index contributed by atoms with van der Waals surface area (Å²) < 4.78 is 5.43. The van der Waals surface area contributed by atoms with Crippen molar-refractivity contribution < 1.29 is 14.3 Å². The molecule has 3 aromatic rings. The third-order valence-corrected chi connectivity index (χ3v) is 6.55. The molecule has 0 fully saturated rings. The minimum Gasteiger partial charge on any atom is -0.497 e. The summed E-state index contributed by atoms with van der Waals surface area (Å²) in [7, 11) is 1.64. The van der Waals surface area contributed by atoms with Crippen LogP contribution in [-0.2, 0) is 6.42 Å². The van der Waals surface area contributed by atoms with Gasteiger partial charge in [-0.05, 0) is 61.2 Å². The number of anilines is 1. The van der Waals surface area contributed by atoms with E-state index in [-0.39, 0.29) is 23.7 Å². The van der Waals surface area contributed by atoms with Crippen LogP contribution in [0.5, 0.6) is 5.75 Å². The van der Waals surface area contributed by atoms with Gasteiger partial charge in [0.25, 0.3) is 5.91 Å². The van der Waals surface area contributed by atoms with E-state index in [0.717, 1.165) is 36.3 Å². The lowest BCUT2D eigenvalue weighted by Crippen LogP contribution is -2.34. The largest absolute Gasteiger partial charge is 0.497 e. The number of rotatable bonds is 8. The molecule has 1 aliphatic rings. The van der Waals surface area contributed by atoms with Gasteiger partial charge in [0, 0.05) is 34.8 Å². The second-order valence-corrected chi connectivity index (χ2v) is 8.56. The van der Waals surface area contributed by atoms with E-state index < -0.39 is 0 Å². The Morgan fingerprint density at radius 2 is 1.76 bits per heavy atom. The number of ketones is 1. The van der Waals surface area contributed by atoms with Crippen LogP contribution in [-0.4, -0.2) is 35.0 Å². The number of carbonyl (C=O) groups excluding carboxylic acids is 2. The number of benzene rings is 2. The Bertz CT molecular complexity index is 1230. The lowest BCUT2D eigenvalue weighted by Gasteiger charge is -2.34. The summed E-state index contributed by atoms with van der Waals surface area (Å²) in [5.74, 6) is 0.455. The van der Waals surface area contributed by atoms with Gasteiger partial charge in [0.2, 0.25) is 0 Å². The zero-order valence-electron chi connectivity index (χ0n) is 19.8. The first-order valence-corrected chi connectivity index (χ1v) is 11.6. The molecule has 1 N–H and O–H groups in total. The van der Waals surface area contributed by atoms with E-state index in [9.17, 15) is 9.59 Å². The molecular weight excluding hydrogens is 426 g/mol. The van der Waals surface area contributed by atoms with E-state index in [2.05, 4.69) is 30.2 Å². The Morgan fingerprint density at radius 3 is 2.47 bits per heavy atom. The first-order valence-electron chi connectivity index (χ1n) is 11.6. The second-order valence-electron chi connectivity index (χ2n) is 8.56. The lowest BCUT2D eigenvalue weighted by molar-refractivity contribution is 0.0996. The summed E-state index contributed by atoms with van der Waals surface area (Å²) in [6.07, 6.45) is 5.99. The maximum atomic E-state index is 13.3. The summed E-state index contributed by atoms with van der Waals surface area (Å²) in [5, 5.41) is 2.85. The first kappa shape index (κ1) is 23.4. The Morgan fingerprint density at radius 1 is 1.00 bits per heavy atom. The zero-order chi connectivity index (χ0) is 24.1. The summed E-state index contributed by atoms with van der Waals surface area (Å²) in [4.78, 5) is 34.9. The molecule has 34 heavy (non-hydrogen) atoms. The summed E-state index contributed by atoms with van der Waals surface area (Å²) >= 11 is 0. The maximum absolute atomic E-state index is 13.3. The highest BCUT2D eigenvalue weighted by Gasteiger charge is 2.33. The molecule has 1 aliphatic heterocycles. The molecule has 0 radical (unpaired) electrons. The SMILES string of the molecule is CCC1(CC)Cc2ccc(OC)cc2C(CC(=O)c2cccc(NC(=O)c3ccncc3)c2)=N1. The molecule has 0 spiro atoms. The number of aromatic nitrogens is 1. The van der Waals surface area contributed by atoms with Crippen molar-refractivity contribution in [2.75, 3.05) is 12.4 Å². The molecule has 174 valence electrons. The van der Waals surface area contributed by atoms with Gasteiger partial charge in [0.05, 0.1) is 24.8 Å². The van der Waals surface area contributed by atoms with Crippen LogP contribution in [0.15, 0.2) is 72.0 Å². The Labute approximate surface area is 200 Å². The number of nitrogens with zero attached hydrogens (tertiary/aromatic N) is 2. The minimum atomic E-state index is -0.250. The van der Waals surface area contributed by atoms with Gasteiger partial charge in [-0.15, -0.1) is 0 Å². The van der Waals surface area contributed by atoms with Gasteiger partial charge in [-0.25, -0.2) is 0 Å². The fourth-order valence-electron chi connectivity index (χ4n) is 4.37. The van der Waals surface area contributed by atoms with E-state index in [0.29, 0.717) is 16.8 Å². The molecule has 0 atom stereocenters. The monoisotopic (exact) mass is 455 g/mol. The number of nitrogens with one attached hydrogen (secondary N) is 1. The summed E-state index contributed by atoms with van der Waals surface area (Å²) in [5.41, 5.74) is 4.37. The quantitative estimate of drug-likeness (QED) is 0.454. The maximum Gasteiger partial charge on any atom is 0.255 e. The van der Waals surface area contributed by atoms with Crippen molar-refractivity contribution in [3.05, 3.63) is 89.2 Å². The van der Waals surface area contributed by atoms with Crippen molar-refractivity contribution in [2.24, 2.45) is 4.99 Å². The van der Waals surface area contributed by atoms with Crippen LogP contribution in [0.25, 0.3) is 0 Å². The van der Waals surface area contributed by atoms with Crippen LogP contribution in [0.2, 0.25) is 0 Å². The third-order valence-electron chi connectivity index (χ3n) is 6.55. The molecule has 2 aromatic carbocycles. The van der Waals surface area contributed by atoms with Crippen LogP contribution in [0, 0.1) is 0 Å². The van der Waals surface area contributed by atoms with E-state index in [1.54, 1.807) is 55.9 Å². The smallest absolute Gasteiger partial charge is 0.255 e. The van der Waals surface area contributed by atoms with Gasteiger partial charge >= 0.3 is 0 Å². The molecule has 0 saturated carbocycles. The third kappa shape index (κ3) is 4.91. The molecule has 6 nitrogen and oxygen atoms in total. The topological polar surface area (TPSA) is 80.6 Å². The van der Waals surface area contributed by atoms with Gasteiger partial charge < -0.3 is 10.1 Å². The highest BCUT2D eigenvalue weighted by Crippen LogP contribution is 2.35. The number of carbonyl (C=O) groups is 2. The fourth-order valence-corrected chi connectivity index (χ4v) is 4.37. The lowest BCUT2D eigenvalue weighted by atomic mass is 9.80.